The van der Waals surface area contributed by atoms with Crippen molar-refractivity contribution < 1.29 is 4.74 Å². The van der Waals surface area contributed by atoms with Gasteiger partial charge in [0.25, 0.3) is 0 Å². The van der Waals surface area contributed by atoms with Crippen LogP contribution in [0.1, 0.15) is 25.3 Å². The third-order valence-corrected chi connectivity index (χ3v) is 4.32. The van der Waals surface area contributed by atoms with Crippen molar-refractivity contribution in [2.45, 2.75) is 32.4 Å². The summed E-state index contributed by atoms with van der Waals surface area (Å²) in [7, 11) is 1.64. The van der Waals surface area contributed by atoms with Crippen LogP contribution in [0.4, 0.5) is 0 Å². The Morgan fingerprint density at radius 2 is 2.26 bits per heavy atom. The number of benzene rings is 1. The Bertz CT molecular complexity index is 425. The zero-order valence-corrected chi connectivity index (χ0v) is 12.5. The molecule has 3 nitrogen and oxygen atoms in total. The highest BCUT2D eigenvalue weighted by Crippen LogP contribution is 2.26. The lowest BCUT2D eigenvalue weighted by molar-refractivity contribution is 0.145. The number of hydrogen-bond donors (Lipinski definition) is 1. The first-order chi connectivity index (χ1) is 9.13. The van der Waals surface area contributed by atoms with E-state index >= 15 is 0 Å². The molecule has 106 valence electrons. The van der Waals surface area contributed by atoms with Crippen LogP contribution >= 0.6 is 11.6 Å². The van der Waals surface area contributed by atoms with Crippen LogP contribution < -0.4 is 10.5 Å². The highest BCUT2D eigenvalue weighted by Gasteiger charge is 2.25. The Balaban J connectivity index is 1.99. The van der Waals surface area contributed by atoms with Crippen molar-refractivity contribution in [3.63, 3.8) is 0 Å². The van der Waals surface area contributed by atoms with Crippen LogP contribution in [-0.2, 0) is 6.54 Å². The molecule has 4 heteroatoms. The molecule has 1 aromatic carbocycles. The topological polar surface area (TPSA) is 38.5 Å². The molecule has 2 N–H and O–H groups in total. The van der Waals surface area contributed by atoms with Crippen LogP contribution in [0.2, 0.25) is 5.02 Å². The third-order valence-electron chi connectivity index (χ3n) is 4.02. The number of piperidine rings is 1. The van der Waals surface area contributed by atoms with Gasteiger partial charge in [-0.15, -0.1) is 0 Å². The SMILES string of the molecule is CCC1CN(Cc2ccc(OC)c(Cl)c2)CCC1N. The molecule has 19 heavy (non-hydrogen) atoms. The van der Waals surface area contributed by atoms with Crippen LogP contribution in [0, 0.1) is 5.92 Å². The van der Waals surface area contributed by atoms with Crippen molar-refractivity contribution in [2.75, 3.05) is 20.2 Å². The number of likely N-dealkylation sites (tertiary alicyclic amines) is 1. The molecule has 0 aromatic heterocycles. The van der Waals surface area contributed by atoms with Gasteiger partial charge in [0.15, 0.2) is 0 Å². The van der Waals surface area contributed by atoms with E-state index in [4.69, 9.17) is 22.1 Å². The first-order valence-electron chi connectivity index (χ1n) is 6.94. The van der Waals surface area contributed by atoms with E-state index in [2.05, 4.69) is 17.9 Å². The van der Waals surface area contributed by atoms with Gasteiger partial charge in [0.2, 0.25) is 0 Å². The average Bonchev–Trinajstić information content (AvgIpc) is 2.41. The molecule has 2 atom stereocenters. The largest absolute Gasteiger partial charge is 0.495 e. The number of hydrogen-bond acceptors (Lipinski definition) is 3. The molecule has 0 aliphatic carbocycles. The van der Waals surface area contributed by atoms with Gasteiger partial charge < -0.3 is 10.5 Å². The van der Waals surface area contributed by atoms with Gasteiger partial charge in [-0.2, -0.15) is 0 Å². The number of methoxy groups -OCH3 is 1. The lowest BCUT2D eigenvalue weighted by Crippen LogP contribution is -2.46. The number of rotatable bonds is 4. The molecular formula is C15H23ClN2O. The Morgan fingerprint density at radius 3 is 2.89 bits per heavy atom. The van der Waals surface area contributed by atoms with Crippen LogP contribution in [0.3, 0.4) is 0 Å². The molecule has 0 amide bonds. The van der Waals surface area contributed by atoms with Crippen molar-refractivity contribution in [3.05, 3.63) is 28.8 Å². The van der Waals surface area contributed by atoms with Crippen molar-refractivity contribution in [1.29, 1.82) is 0 Å². The molecule has 1 fully saturated rings. The van der Waals surface area contributed by atoms with E-state index in [1.54, 1.807) is 7.11 Å². The Kier molecular flexibility index (Phi) is 5.08. The van der Waals surface area contributed by atoms with Crippen molar-refractivity contribution in [2.24, 2.45) is 11.7 Å². The summed E-state index contributed by atoms with van der Waals surface area (Å²) in [6.07, 6.45) is 2.24. The quantitative estimate of drug-likeness (QED) is 0.923. The molecule has 2 unspecified atom stereocenters. The molecule has 1 saturated heterocycles. The minimum atomic E-state index is 0.362. The molecule has 1 heterocycles. The van der Waals surface area contributed by atoms with Crippen LogP contribution in [-0.4, -0.2) is 31.1 Å². The lowest BCUT2D eigenvalue weighted by atomic mass is 9.90. The van der Waals surface area contributed by atoms with Gasteiger partial charge in [-0.25, -0.2) is 0 Å². The fraction of sp³-hybridized carbons (Fsp3) is 0.600. The predicted octanol–water partition coefficient (Wildman–Crippen LogP) is 2.91. The molecule has 1 aliphatic heterocycles. The molecule has 1 aromatic rings. The first-order valence-corrected chi connectivity index (χ1v) is 7.32. The Morgan fingerprint density at radius 1 is 1.47 bits per heavy atom. The summed E-state index contributed by atoms with van der Waals surface area (Å²) in [6.45, 7) is 5.31. The summed E-state index contributed by atoms with van der Waals surface area (Å²) in [5.74, 6) is 1.35. The summed E-state index contributed by atoms with van der Waals surface area (Å²) < 4.78 is 5.18. The van der Waals surface area contributed by atoms with Gasteiger partial charge in [0.05, 0.1) is 12.1 Å². The zero-order chi connectivity index (χ0) is 13.8. The van der Waals surface area contributed by atoms with E-state index in [9.17, 15) is 0 Å². The fourth-order valence-electron chi connectivity index (χ4n) is 2.77. The smallest absolute Gasteiger partial charge is 0.137 e. The van der Waals surface area contributed by atoms with E-state index in [0.29, 0.717) is 17.0 Å². The molecule has 2 rings (SSSR count). The third kappa shape index (κ3) is 3.62. The van der Waals surface area contributed by atoms with Crippen molar-refractivity contribution in [3.8, 4) is 5.75 Å². The van der Waals surface area contributed by atoms with Crippen molar-refractivity contribution in [1.82, 2.24) is 4.90 Å². The minimum absolute atomic E-state index is 0.362. The standard InChI is InChI=1S/C15H23ClN2O/c1-3-12-10-18(7-6-14(12)17)9-11-4-5-15(19-2)13(16)8-11/h4-5,8,12,14H,3,6-7,9-10,17H2,1-2H3. The molecule has 0 saturated carbocycles. The second-order valence-corrected chi connectivity index (χ2v) is 5.73. The second kappa shape index (κ2) is 6.60. The maximum Gasteiger partial charge on any atom is 0.137 e. The maximum absolute atomic E-state index is 6.16. The summed E-state index contributed by atoms with van der Waals surface area (Å²) in [5.41, 5.74) is 7.38. The van der Waals surface area contributed by atoms with Gasteiger partial charge in [0.1, 0.15) is 5.75 Å². The normalized spacial score (nSPS) is 24.4. The Hall–Kier alpha value is -0.770. The maximum atomic E-state index is 6.16. The number of nitrogens with two attached hydrogens (primary N) is 1. The van der Waals surface area contributed by atoms with E-state index in [-0.39, 0.29) is 0 Å². The lowest BCUT2D eigenvalue weighted by Gasteiger charge is -2.36. The van der Waals surface area contributed by atoms with Gasteiger partial charge in [-0.05, 0) is 36.6 Å². The Labute approximate surface area is 120 Å². The van der Waals surface area contributed by atoms with Gasteiger partial charge in [0, 0.05) is 19.1 Å². The summed E-state index contributed by atoms with van der Waals surface area (Å²) >= 11 is 6.16. The average molecular weight is 283 g/mol. The fourth-order valence-corrected chi connectivity index (χ4v) is 3.05. The van der Waals surface area contributed by atoms with E-state index in [0.717, 1.165) is 38.2 Å². The van der Waals surface area contributed by atoms with Crippen LogP contribution in [0.15, 0.2) is 18.2 Å². The van der Waals surface area contributed by atoms with Gasteiger partial charge in [-0.1, -0.05) is 31.0 Å². The first kappa shape index (κ1) is 14.6. The van der Waals surface area contributed by atoms with E-state index in [1.807, 2.05) is 12.1 Å². The molecule has 0 spiro atoms. The summed E-state index contributed by atoms with van der Waals surface area (Å²) in [5, 5.41) is 0.681. The van der Waals surface area contributed by atoms with Crippen molar-refractivity contribution >= 4 is 11.6 Å². The highest BCUT2D eigenvalue weighted by atomic mass is 35.5. The van der Waals surface area contributed by atoms with Gasteiger partial charge in [-0.3, -0.25) is 4.90 Å². The molecule has 1 aliphatic rings. The summed E-state index contributed by atoms with van der Waals surface area (Å²) in [6, 6.07) is 6.38. The second-order valence-electron chi connectivity index (χ2n) is 5.32. The van der Waals surface area contributed by atoms with E-state index < -0.39 is 0 Å². The molecule has 0 radical (unpaired) electrons. The molecule has 0 bridgehead atoms. The number of halogens is 1. The highest BCUT2D eigenvalue weighted by molar-refractivity contribution is 6.32. The monoisotopic (exact) mass is 282 g/mol. The number of nitrogens with zero attached hydrogens (tertiary/aromatic N) is 1. The number of ether oxygens (including phenoxy) is 1. The molecular weight excluding hydrogens is 260 g/mol. The predicted molar refractivity (Wildman–Crippen MR) is 79.7 cm³/mol. The minimum Gasteiger partial charge on any atom is -0.495 e. The summed E-state index contributed by atoms with van der Waals surface area (Å²) in [4.78, 5) is 2.47. The van der Waals surface area contributed by atoms with E-state index in [1.165, 1.54) is 5.56 Å². The van der Waals surface area contributed by atoms with Gasteiger partial charge >= 0.3 is 0 Å². The zero-order valence-electron chi connectivity index (χ0n) is 11.7. The van der Waals surface area contributed by atoms with Crippen LogP contribution in [0.5, 0.6) is 5.75 Å². The van der Waals surface area contributed by atoms with Crippen LogP contribution in [0.25, 0.3) is 0 Å².